The molecule has 2 atom stereocenters. The second-order valence-electron chi connectivity index (χ2n) is 5.08. The van der Waals surface area contributed by atoms with Crippen LogP contribution in [0.1, 0.15) is 57.3 Å². The SMILES string of the molecule is CCCCC(C)n1c(C(C)Cl)nc2cc(Br)ccc21. The molecule has 104 valence electrons. The van der Waals surface area contributed by atoms with Gasteiger partial charge in [-0.25, -0.2) is 4.98 Å². The molecule has 0 fully saturated rings. The molecule has 0 saturated heterocycles. The third kappa shape index (κ3) is 3.14. The number of unbranched alkanes of at least 4 members (excludes halogenated alkanes) is 1. The molecule has 2 nitrogen and oxygen atoms in total. The van der Waals surface area contributed by atoms with Crippen molar-refractivity contribution in [2.75, 3.05) is 0 Å². The standard InChI is InChI=1S/C15H20BrClN2/c1-4-5-6-10(2)19-14-8-7-12(16)9-13(14)18-15(19)11(3)17/h7-11H,4-6H2,1-3H3. The summed E-state index contributed by atoms with van der Waals surface area (Å²) in [6.45, 7) is 6.46. The van der Waals surface area contributed by atoms with Gasteiger partial charge in [-0.2, -0.15) is 0 Å². The Morgan fingerprint density at radius 3 is 2.74 bits per heavy atom. The molecular formula is C15H20BrClN2. The Bertz CT molecular complexity index is 563. The molecule has 19 heavy (non-hydrogen) atoms. The molecule has 0 spiro atoms. The van der Waals surface area contributed by atoms with Crippen molar-refractivity contribution in [3.63, 3.8) is 0 Å². The number of halogens is 2. The molecule has 0 aliphatic rings. The lowest BCUT2D eigenvalue weighted by molar-refractivity contribution is 0.480. The van der Waals surface area contributed by atoms with Crippen molar-refractivity contribution in [3.8, 4) is 0 Å². The quantitative estimate of drug-likeness (QED) is 0.623. The molecule has 0 saturated carbocycles. The topological polar surface area (TPSA) is 17.8 Å². The van der Waals surface area contributed by atoms with Gasteiger partial charge in [-0.05, 0) is 38.5 Å². The van der Waals surface area contributed by atoms with Gasteiger partial charge in [-0.1, -0.05) is 35.7 Å². The highest BCUT2D eigenvalue weighted by Gasteiger charge is 2.18. The number of rotatable bonds is 5. The highest BCUT2D eigenvalue weighted by molar-refractivity contribution is 9.10. The second kappa shape index (κ2) is 6.27. The summed E-state index contributed by atoms with van der Waals surface area (Å²) >= 11 is 9.80. The second-order valence-corrected chi connectivity index (χ2v) is 6.65. The van der Waals surface area contributed by atoms with Crippen molar-refractivity contribution in [1.82, 2.24) is 9.55 Å². The number of nitrogens with zero attached hydrogens (tertiary/aromatic N) is 2. The minimum absolute atomic E-state index is 0.0738. The maximum absolute atomic E-state index is 6.30. The molecule has 0 aliphatic carbocycles. The summed E-state index contributed by atoms with van der Waals surface area (Å²) in [6.07, 6.45) is 3.61. The van der Waals surface area contributed by atoms with Gasteiger partial charge in [0, 0.05) is 10.5 Å². The molecule has 1 heterocycles. The Labute approximate surface area is 128 Å². The molecule has 0 radical (unpaired) electrons. The van der Waals surface area contributed by atoms with E-state index in [0.29, 0.717) is 6.04 Å². The zero-order valence-electron chi connectivity index (χ0n) is 11.7. The highest BCUT2D eigenvalue weighted by atomic mass is 79.9. The summed E-state index contributed by atoms with van der Waals surface area (Å²) in [4.78, 5) is 4.70. The molecule has 0 bridgehead atoms. The maximum atomic E-state index is 6.30. The van der Waals surface area contributed by atoms with Gasteiger partial charge in [0.15, 0.2) is 0 Å². The third-order valence-corrected chi connectivity index (χ3v) is 4.14. The average molecular weight is 344 g/mol. The van der Waals surface area contributed by atoms with Crippen LogP contribution >= 0.6 is 27.5 Å². The van der Waals surface area contributed by atoms with Gasteiger partial charge in [-0.15, -0.1) is 11.6 Å². The lowest BCUT2D eigenvalue weighted by Crippen LogP contribution is -2.10. The Balaban J connectivity index is 2.51. The monoisotopic (exact) mass is 342 g/mol. The van der Waals surface area contributed by atoms with Crippen LogP contribution in [0.4, 0.5) is 0 Å². The minimum Gasteiger partial charge on any atom is -0.324 e. The lowest BCUT2D eigenvalue weighted by Gasteiger charge is -2.18. The van der Waals surface area contributed by atoms with Gasteiger partial charge in [0.1, 0.15) is 5.82 Å². The molecule has 0 amide bonds. The fourth-order valence-electron chi connectivity index (χ4n) is 2.46. The summed E-state index contributed by atoms with van der Waals surface area (Å²) in [5, 5.41) is -0.0738. The van der Waals surface area contributed by atoms with Gasteiger partial charge in [0.2, 0.25) is 0 Å². The van der Waals surface area contributed by atoms with E-state index in [-0.39, 0.29) is 5.38 Å². The molecule has 2 unspecified atom stereocenters. The van der Waals surface area contributed by atoms with Gasteiger partial charge < -0.3 is 4.57 Å². The van der Waals surface area contributed by atoms with Gasteiger partial charge in [-0.3, -0.25) is 0 Å². The minimum atomic E-state index is -0.0738. The zero-order chi connectivity index (χ0) is 14.0. The Kier molecular flexibility index (Phi) is 4.91. The van der Waals surface area contributed by atoms with E-state index in [0.717, 1.165) is 22.2 Å². The molecule has 1 aromatic carbocycles. The van der Waals surface area contributed by atoms with Crippen LogP contribution in [0.5, 0.6) is 0 Å². The van der Waals surface area contributed by atoms with Crippen LogP contribution in [0.15, 0.2) is 22.7 Å². The van der Waals surface area contributed by atoms with Gasteiger partial charge in [0.05, 0.1) is 16.4 Å². The van der Waals surface area contributed by atoms with Crippen molar-refractivity contribution < 1.29 is 0 Å². The number of hydrogen-bond donors (Lipinski definition) is 0. The number of benzene rings is 1. The van der Waals surface area contributed by atoms with E-state index < -0.39 is 0 Å². The van der Waals surface area contributed by atoms with Gasteiger partial charge >= 0.3 is 0 Å². The summed E-state index contributed by atoms with van der Waals surface area (Å²) in [5.41, 5.74) is 2.19. The van der Waals surface area contributed by atoms with Crippen LogP contribution in [0.3, 0.4) is 0 Å². The van der Waals surface area contributed by atoms with E-state index >= 15 is 0 Å². The fraction of sp³-hybridized carbons (Fsp3) is 0.533. The summed E-state index contributed by atoms with van der Waals surface area (Å²) in [7, 11) is 0. The van der Waals surface area contributed by atoms with Crippen LogP contribution in [0.2, 0.25) is 0 Å². The van der Waals surface area contributed by atoms with E-state index in [9.17, 15) is 0 Å². The van der Waals surface area contributed by atoms with Crippen LogP contribution in [-0.4, -0.2) is 9.55 Å². The normalized spacial score (nSPS) is 14.8. The first-order chi connectivity index (χ1) is 9.04. The van der Waals surface area contributed by atoms with E-state index in [1.165, 1.54) is 18.4 Å². The summed E-state index contributed by atoms with van der Waals surface area (Å²) < 4.78 is 3.36. The smallest absolute Gasteiger partial charge is 0.127 e. The first-order valence-corrected chi connectivity index (χ1v) is 8.09. The van der Waals surface area contributed by atoms with Crippen LogP contribution < -0.4 is 0 Å². The first kappa shape index (κ1) is 14.9. The van der Waals surface area contributed by atoms with Crippen molar-refractivity contribution in [2.45, 2.75) is 51.5 Å². The predicted octanol–water partition coefficient (Wildman–Crippen LogP) is 5.85. The summed E-state index contributed by atoms with van der Waals surface area (Å²) in [6, 6.07) is 6.68. The van der Waals surface area contributed by atoms with Crippen molar-refractivity contribution >= 4 is 38.6 Å². The Morgan fingerprint density at radius 1 is 1.37 bits per heavy atom. The Hall–Kier alpha value is -0.540. The molecule has 4 heteroatoms. The van der Waals surface area contributed by atoms with E-state index in [1.807, 2.05) is 6.92 Å². The van der Waals surface area contributed by atoms with Crippen LogP contribution in [0.25, 0.3) is 11.0 Å². The summed E-state index contributed by atoms with van der Waals surface area (Å²) in [5.74, 6) is 0.971. The number of hydrogen-bond acceptors (Lipinski definition) is 1. The van der Waals surface area contributed by atoms with Crippen LogP contribution in [0, 0.1) is 0 Å². The number of fused-ring (bicyclic) bond motifs is 1. The highest BCUT2D eigenvalue weighted by Crippen LogP contribution is 2.31. The molecule has 0 aliphatic heterocycles. The number of alkyl halides is 1. The van der Waals surface area contributed by atoms with Crippen molar-refractivity contribution in [1.29, 1.82) is 0 Å². The van der Waals surface area contributed by atoms with Crippen molar-refractivity contribution in [2.24, 2.45) is 0 Å². The number of aromatic nitrogens is 2. The number of imidazole rings is 1. The molecule has 1 aromatic heterocycles. The predicted molar refractivity (Wildman–Crippen MR) is 85.9 cm³/mol. The molecule has 0 N–H and O–H groups in total. The van der Waals surface area contributed by atoms with E-state index in [4.69, 9.17) is 16.6 Å². The molecule has 2 rings (SSSR count). The fourth-order valence-corrected chi connectivity index (χ4v) is 2.97. The molecular weight excluding hydrogens is 324 g/mol. The lowest BCUT2D eigenvalue weighted by atomic mass is 10.1. The van der Waals surface area contributed by atoms with E-state index in [2.05, 4.69) is 52.5 Å². The third-order valence-electron chi connectivity index (χ3n) is 3.45. The first-order valence-electron chi connectivity index (χ1n) is 6.86. The van der Waals surface area contributed by atoms with Crippen LogP contribution in [-0.2, 0) is 0 Å². The maximum Gasteiger partial charge on any atom is 0.127 e. The zero-order valence-corrected chi connectivity index (χ0v) is 14.0. The Morgan fingerprint density at radius 2 is 2.11 bits per heavy atom. The van der Waals surface area contributed by atoms with E-state index in [1.54, 1.807) is 0 Å². The van der Waals surface area contributed by atoms with Gasteiger partial charge in [0.25, 0.3) is 0 Å². The molecule has 2 aromatic rings. The largest absolute Gasteiger partial charge is 0.324 e. The average Bonchev–Trinajstić information content (AvgIpc) is 2.74. The van der Waals surface area contributed by atoms with Crippen molar-refractivity contribution in [3.05, 3.63) is 28.5 Å².